The van der Waals surface area contributed by atoms with Gasteiger partial charge in [-0.3, -0.25) is 0 Å². The van der Waals surface area contributed by atoms with Gasteiger partial charge in [0.1, 0.15) is 0 Å². The van der Waals surface area contributed by atoms with Crippen LogP contribution in [0.3, 0.4) is 0 Å². The number of allylic oxidation sites excluding steroid dienone is 1. The number of benzene rings is 1. The molecule has 1 heterocycles. The summed E-state index contributed by atoms with van der Waals surface area (Å²) in [6, 6.07) is 8.80. The summed E-state index contributed by atoms with van der Waals surface area (Å²) < 4.78 is 2.95. The molecule has 0 radical (unpaired) electrons. The normalized spacial score (nSPS) is 21.2. The van der Waals surface area contributed by atoms with Gasteiger partial charge in [0.25, 0.3) is 0 Å². The van der Waals surface area contributed by atoms with Crippen molar-refractivity contribution in [3.8, 4) is 0 Å². The van der Waals surface area contributed by atoms with E-state index in [1.165, 1.54) is 51.7 Å². The molecule has 1 nitrogen and oxygen atoms in total. The Kier molecular flexibility index (Phi) is 4.60. The summed E-state index contributed by atoms with van der Waals surface area (Å²) in [4.78, 5) is 3.65. The number of thiocarbonyl (C=S) groups is 1. The Hall–Kier alpha value is -0.631. The first-order valence-corrected chi connectivity index (χ1v) is 9.71. The molecule has 0 N–H and O–H groups in total. The zero-order valence-corrected chi connectivity index (χ0v) is 14.5. The van der Waals surface area contributed by atoms with Crippen molar-refractivity contribution in [3.05, 3.63) is 34.9 Å². The minimum atomic E-state index is 0.422. The van der Waals surface area contributed by atoms with Crippen molar-refractivity contribution in [1.82, 2.24) is 0 Å². The fraction of sp³-hybridized carbons (Fsp3) is 0.471. The predicted molar refractivity (Wildman–Crippen MR) is 92.1 cm³/mol. The second-order valence-corrected chi connectivity index (χ2v) is 8.23. The molecule has 106 valence electrons. The van der Waals surface area contributed by atoms with E-state index >= 15 is 0 Å². The fourth-order valence-electron chi connectivity index (χ4n) is 3.11. The average Bonchev–Trinajstić information content (AvgIpc) is 2.85. The summed E-state index contributed by atoms with van der Waals surface area (Å²) in [6.45, 7) is 3.27. The summed E-state index contributed by atoms with van der Waals surface area (Å²) in [7, 11) is 0. The summed E-state index contributed by atoms with van der Waals surface area (Å²) in [5.41, 5.74) is 1.40. The van der Waals surface area contributed by atoms with Crippen molar-refractivity contribution in [2.45, 2.75) is 39.0 Å². The molecule has 0 aromatic heterocycles. The van der Waals surface area contributed by atoms with Crippen molar-refractivity contribution < 1.29 is 0 Å². The van der Waals surface area contributed by atoms with Gasteiger partial charge in [0, 0.05) is 0 Å². The number of rotatable bonds is 3. The SMILES string of the molecule is CCN1C(=CC(=S)C2CCCCC2)[Se]c2ccccc21. The Morgan fingerprint density at radius 3 is 2.80 bits per heavy atom. The van der Waals surface area contributed by atoms with Gasteiger partial charge in [0.2, 0.25) is 0 Å². The Morgan fingerprint density at radius 1 is 1.30 bits per heavy atom. The van der Waals surface area contributed by atoms with E-state index in [2.05, 4.69) is 42.2 Å². The standard InChI is InChI=1S/C17H21NSSe/c1-2-18-14-10-6-7-11-16(14)20-17(18)12-15(19)13-8-4-3-5-9-13/h6-7,10-13H,2-5,8-9H2,1H3. The summed E-state index contributed by atoms with van der Waals surface area (Å²) >= 11 is 6.15. The molecule has 1 aliphatic carbocycles. The monoisotopic (exact) mass is 351 g/mol. The van der Waals surface area contributed by atoms with E-state index in [4.69, 9.17) is 12.2 Å². The van der Waals surface area contributed by atoms with Crippen LogP contribution in [0.1, 0.15) is 39.0 Å². The van der Waals surface area contributed by atoms with Crippen molar-refractivity contribution in [2.75, 3.05) is 11.4 Å². The zero-order valence-electron chi connectivity index (χ0n) is 12.0. The third-order valence-corrected chi connectivity index (χ3v) is 7.01. The molecule has 20 heavy (non-hydrogen) atoms. The number of hydrogen-bond donors (Lipinski definition) is 0. The Bertz CT molecular complexity index is 532. The molecule has 1 fully saturated rings. The van der Waals surface area contributed by atoms with Crippen LogP contribution in [0.4, 0.5) is 5.69 Å². The van der Waals surface area contributed by atoms with Crippen molar-refractivity contribution >= 4 is 42.2 Å². The van der Waals surface area contributed by atoms with E-state index < -0.39 is 0 Å². The molecule has 0 atom stereocenters. The van der Waals surface area contributed by atoms with Crippen molar-refractivity contribution in [3.63, 3.8) is 0 Å². The molecular weight excluding hydrogens is 329 g/mol. The van der Waals surface area contributed by atoms with Crippen LogP contribution in [-0.2, 0) is 0 Å². The van der Waals surface area contributed by atoms with Crippen molar-refractivity contribution in [1.29, 1.82) is 0 Å². The van der Waals surface area contributed by atoms with Crippen LogP contribution >= 0.6 is 12.2 Å². The Morgan fingerprint density at radius 2 is 2.05 bits per heavy atom. The van der Waals surface area contributed by atoms with E-state index in [-0.39, 0.29) is 0 Å². The number of nitrogens with zero attached hydrogens (tertiary/aromatic N) is 1. The van der Waals surface area contributed by atoms with Crippen LogP contribution in [0, 0.1) is 5.92 Å². The van der Waals surface area contributed by atoms with Gasteiger partial charge < -0.3 is 0 Å². The molecule has 3 rings (SSSR count). The Labute approximate surface area is 133 Å². The summed E-state index contributed by atoms with van der Waals surface area (Å²) in [5.74, 6) is 0.657. The fourth-order valence-corrected chi connectivity index (χ4v) is 6.10. The van der Waals surface area contributed by atoms with Gasteiger partial charge in [-0.1, -0.05) is 0 Å². The van der Waals surface area contributed by atoms with Crippen LogP contribution in [0.2, 0.25) is 0 Å². The van der Waals surface area contributed by atoms with Gasteiger partial charge in [-0.2, -0.15) is 0 Å². The van der Waals surface area contributed by atoms with E-state index in [1.807, 2.05) is 0 Å². The topological polar surface area (TPSA) is 3.24 Å². The molecule has 0 unspecified atom stereocenters. The van der Waals surface area contributed by atoms with E-state index in [0.717, 1.165) is 6.54 Å². The van der Waals surface area contributed by atoms with Crippen LogP contribution in [0.15, 0.2) is 34.9 Å². The first kappa shape index (κ1) is 14.3. The quantitative estimate of drug-likeness (QED) is 0.465. The van der Waals surface area contributed by atoms with Crippen LogP contribution < -0.4 is 9.36 Å². The molecule has 1 aromatic rings. The summed E-state index contributed by atoms with van der Waals surface area (Å²) in [5, 5.41) is 0. The molecule has 1 saturated carbocycles. The molecule has 3 heteroatoms. The zero-order chi connectivity index (χ0) is 13.9. The van der Waals surface area contributed by atoms with Crippen LogP contribution in [0.5, 0.6) is 0 Å². The molecule has 0 amide bonds. The third-order valence-electron chi connectivity index (χ3n) is 4.23. The third kappa shape index (κ3) is 2.86. The number of anilines is 1. The van der Waals surface area contributed by atoms with Gasteiger partial charge in [0.15, 0.2) is 0 Å². The van der Waals surface area contributed by atoms with E-state index in [1.54, 1.807) is 0 Å². The van der Waals surface area contributed by atoms with Gasteiger partial charge in [-0.15, -0.1) is 0 Å². The predicted octanol–water partition coefficient (Wildman–Crippen LogP) is 3.65. The van der Waals surface area contributed by atoms with Gasteiger partial charge >= 0.3 is 134 Å². The maximum atomic E-state index is 5.73. The van der Waals surface area contributed by atoms with Gasteiger partial charge in [-0.25, -0.2) is 0 Å². The Balaban J connectivity index is 1.80. The van der Waals surface area contributed by atoms with Crippen LogP contribution in [0.25, 0.3) is 0 Å². The second-order valence-electron chi connectivity index (χ2n) is 5.53. The molecule has 0 saturated heterocycles. The summed E-state index contributed by atoms with van der Waals surface area (Å²) in [6.07, 6.45) is 9.04. The maximum absolute atomic E-state index is 5.73. The second kappa shape index (κ2) is 6.43. The minimum absolute atomic E-state index is 0.422. The van der Waals surface area contributed by atoms with E-state index in [9.17, 15) is 0 Å². The number of fused-ring (bicyclic) bond motifs is 1. The molecule has 2 aliphatic rings. The van der Waals surface area contributed by atoms with Gasteiger partial charge in [-0.05, 0) is 0 Å². The molecule has 0 bridgehead atoms. The number of hydrogen-bond acceptors (Lipinski definition) is 2. The molecule has 0 spiro atoms. The van der Waals surface area contributed by atoms with Gasteiger partial charge in [0.05, 0.1) is 0 Å². The number of para-hydroxylation sites is 1. The average molecular weight is 350 g/mol. The first-order chi connectivity index (χ1) is 9.79. The first-order valence-electron chi connectivity index (χ1n) is 7.59. The van der Waals surface area contributed by atoms with Crippen LogP contribution in [-0.4, -0.2) is 26.4 Å². The van der Waals surface area contributed by atoms with Crippen molar-refractivity contribution in [2.24, 2.45) is 5.92 Å². The molecular formula is C17H21NSSe. The molecule has 1 aromatic carbocycles. The molecule has 1 aliphatic heterocycles. The van der Waals surface area contributed by atoms with E-state index in [0.29, 0.717) is 20.9 Å².